The molecule has 0 aromatic heterocycles. The summed E-state index contributed by atoms with van der Waals surface area (Å²) in [5, 5.41) is 2.88. The first-order valence-electron chi connectivity index (χ1n) is 10.5. The number of carbonyl (C=O) groups excluding carboxylic acids is 2. The van der Waals surface area contributed by atoms with Crippen molar-refractivity contribution in [3.05, 3.63) is 54.1 Å². The highest BCUT2D eigenvalue weighted by atomic mass is 32.2. The smallest absolute Gasteiger partial charge is 0.248 e. The van der Waals surface area contributed by atoms with E-state index in [9.17, 15) is 9.59 Å². The standard InChI is InChI=1S/C24H28N2O5S/c1-4-30-21-12-6-17(14-22(21)31-5-2)7-13-23(27)26-16-32-15-20(26)24(28)25-18-8-10-19(29-3)11-9-18/h6-14,20H,4-5,15-16H2,1-3H3,(H,25,28)/b13-7+. The molecule has 7 nitrogen and oxygen atoms in total. The van der Waals surface area contributed by atoms with Gasteiger partial charge in [0, 0.05) is 17.5 Å². The maximum Gasteiger partial charge on any atom is 0.248 e. The molecule has 1 fully saturated rings. The van der Waals surface area contributed by atoms with Gasteiger partial charge in [-0.25, -0.2) is 0 Å². The molecule has 0 radical (unpaired) electrons. The second kappa shape index (κ2) is 11.5. The molecule has 0 saturated carbocycles. The number of rotatable bonds is 9. The number of hydrogen-bond donors (Lipinski definition) is 1. The minimum atomic E-state index is -0.529. The highest BCUT2D eigenvalue weighted by Gasteiger charge is 2.33. The van der Waals surface area contributed by atoms with Gasteiger partial charge in [-0.05, 0) is 61.9 Å². The fourth-order valence-electron chi connectivity index (χ4n) is 3.21. The Bertz CT molecular complexity index is 961. The van der Waals surface area contributed by atoms with Gasteiger partial charge in [0.1, 0.15) is 11.8 Å². The largest absolute Gasteiger partial charge is 0.497 e. The Morgan fingerprint density at radius 2 is 1.81 bits per heavy atom. The first-order chi connectivity index (χ1) is 15.5. The molecule has 2 amide bonds. The van der Waals surface area contributed by atoms with Crippen molar-refractivity contribution in [1.29, 1.82) is 0 Å². The summed E-state index contributed by atoms with van der Waals surface area (Å²) in [5.74, 6) is 2.62. The zero-order valence-electron chi connectivity index (χ0n) is 18.5. The van der Waals surface area contributed by atoms with Crippen molar-refractivity contribution in [2.45, 2.75) is 19.9 Å². The SMILES string of the molecule is CCOc1ccc(/C=C/C(=O)N2CSCC2C(=O)Nc2ccc(OC)cc2)cc1OCC. The lowest BCUT2D eigenvalue weighted by Gasteiger charge is -2.21. The Kier molecular flexibility index (Phi) is 8.44. The van der Waals surface area contributed by atoms with E-state index in [4.69, 9.17) is 14.2 Å². The van der Waals surface area contributed by atoms with Gasteiger partial charge >= 0.3 is 0 Å². The average molecular weight is 457 g/mol. The van der Waals surface area contributed by atoms with E-state index in [-0.39, 0.29) is 11.8 Å². The predicted molar refractivity (Wildman–Crippen MR) is 127 cm³/mol. The quantitative estimate of drug-likeness (QED) is 0.574. The molecule has 170 valence electrons. The molecule has 0 spiro atoms. The van der Waals surface area contributed by atoms with Crippen LogP contribution >= 0.6 is 11.8 Å². The number of hydrogen-bond acceptors (Lipinski definition) is 6. The van der Waals surface area contributed by atoms with Crippen molar-refractivity contribution in [2.75, 3.05) is 37.3 Å². The van der Waals surface area contributed by atoms with Crippen LogP contribution < -0.4 is 19.5 Å². The molecule has 0 bridgehead atoms. The van der Waals surface area contributed by atoms with Crippen LogP contribution in [0.15, 0.2) is 48.5 Å². The minimum Gasteiger partial charge on any atom is -0.497 e. The Balaban J connectivity index is 1.66. The number of thioether (sulfide) groups is 1. The van der Waals surface area contributed by atoms with E-state index in [1.807, 2.05) is 32.0 Å². The van der Waals surface area contributed by atoms with Gasteiger partial charge in [-0.2, -0.15) is 0 Å². The summed E-state index contributed by atoms with van der Waals surface area (Å²) in [7, 11) is 1.59. The van der Waals surface area contributed by atoms with Crippen LogP contribution in [0.1, 0.15) is 19.4 Å². The van der Waals surface area contributed by atoms with Gasteiger partial charge < -0.3 is 24.4 Å². The second-order valence-corrected chi connectivity index (χ2v) is 7.95. The van der Waals surface area contributed by atoms with E-state index in [0.29, 0.717) is 47.8 Å². The maximum atomic E-state index is 12.8. The predicted octanol–water partition coefficient (Wildman–Crippen LogP) is 4.05. The Morgan fingerprint density at radius 3 is 2.50 bits per heavy atom. The molecule has 1 saturated heterocycles. The first kappa shape index (κ1) is 23.5. The molecule has 0 aliphatic carbocycles. The molecule has 8 heteroatoms. The van der Waals surface area contributed by atoms with Crippen LogP contribution in [0.25, 0.3) is 6.08 Å². The van der Waals surface area contributed by atoms with Gasteiger partial charge in [0.2, 0.25) is 11.8 Å². The number of nitrogens with zero attached hydrogens (tertiary/aromatic N) is 1. The number of nitrogens with one attached hydrogen (secondary N) is 1. The lowest BCUT2D eigenvalue weighted by atomic mass is 10.1. The molecule has 3 rings (SSSR count). The summed E-state index contributed by atoms with van der Waals surface area (Å²) in [6, 6.07) is 12.1. The summed E-state index contributed by atoms with van der Waals surface area (Å²) in [5.41, 5.74) is 1.48. The number of methoxy groups -OCH3 is 1. The lowest BCUT2D eigenvalue weighted by molar-refractivity contribution is -0.132. The van der Waals surface area contributed by atoms with Gasteiger partial charge in [0.05, 0.1) is 26.2 Å². The summed E-state index contributed by atoms with van der Waals surface area (Å²) in [6.07, 6.45) is 3.22. The summed E-state index contributed by atoms with van der Waals surface area (Å²) < 4.78 is 16.3. The van der Waals surface area contributed by atoms with E-state index in [0.717, 1.165) is 5.56 Å². The van der Waals surface area contributed by atoms with Gasteiger partial charge in [0.25, 0.3) is 0 Å². The molecular formula is C24H28N2O5S. The molecule has 2 aromatic carbocycles. The van der Waals surface area contributed by atoms with Crippen LogP contribution in [0, 0.1) is 0 Å². The molecular weight excluding hydrogens is 428 g/mol. The monoisotopic (exact) mass is 456 g/mol. The summed E-state index contributed by atoms with van der Waals surface area (Å²) in [4.78, 5) is 27.2. The molecule has 1 atom stereocenters. The lowest BCUT2D eigenvalue weighted by Crippen LogP contribution is -2.43. The van der Waals surface area contributed by atoms with Crippen LogP contribution in [0.3, 0.4) is 0 Å². The van der Waals surface area contributed by atoms with E-state index < -0.39 is 6.04 Å². The second-order valence-electron chi connectivity index (χ2n) is 6.95. The van der Waals surface area contributed by atoms with Crippen LogP contribution in [-0.2, 0) is 9.59 Å². The van der Waals surface area contributed by atoms with Crippen molar-refractivity contribution in [1.82, 2.24) is 4.90 Å². The molecule has 2 aromatic rings. The van der Waals surface area contributed by atoms with Crippen molar-refractivity contribution in [2.24, 2.45) is 0 Å². The summed E-state index contributed by atoms with van der Waals surface area (Å²) in [6.45, 7) is 4.88. The first-order valence-corrected chi connectivity index (χ1v) is 11.6. The number of benzene rings is 2. The van der Waals surface area contributed by atoms with Crippen molar-refractivity contribution < 1.29 is 23.8 Å². The van der Waals surface area contributed by atoms with Crippen LogP contribution in [-0.4, -0.2) is 54.7 Å². The van der Waals surface area contributed by atoms with Crippen LogP contribution in [0.2, 0.25) is 0 Å². The zero-order valence-corrected chi connectivity index (χ0v) is 19.3. The van der Waals surface area contributed by atoms with Crippen molar-refractivity contribution in [3.8, 4) is 17.2 Å². The Labute approximate surface area is 192 Å². The van der Waals surface area contributed by atoms with E-state index >= 15 is 0 Å². The summed E-state index contributed by atoms with van der Waals surface area (Å²) >= 11 is 1.56. The Hall–Kier alpha value is -3.13. The van der Waals surface area contributed by atoms with Crippen LogP contribution in [0.4, 0.5) is 5.69 Å². The van der Waals surface area contributed by atoms with Crippen LogP contribution in [0.5, 0.6) is 17.2 Å². The molecule has 32 heavy (non-hydrogen) atoms. The van der Waals surface area contributed by atoms with Crippen molar-refractivity contribution in [3.63, 3.8) is 0 Å². The highest BCUT2D eigenvalue weighted by Crippen LogP contribution is 2.29. The van der Waals surface area contributed by atoms with E-state index in [1.165, 1.54) is 6.08 Å². The fraction of sp³-hybridized carbons (Fsp3) is 0.333. The van der Waals surface area contributed by atoms with Gasteiger partial charge in [-0.3, -0.25) is 9.59 Å². The van der Waals surface area contributed by atoms with Crippen molar-refractivity contribution >= 4 is 35.3 Å². The highest BCUT2D eigenvalue weighted by molar-refractivity contribution is 7.99. The van der Waals surface area contributed by atoms with E-state index in [1.54, 1.807) is 54.1 Å². The number of ether oxygens (including phenoxy) is 3. The van der Waals surface area contributed by atoms with Gasteiger partial charge in [-0.1, -0.05) is 6.07 Å². The number of amides is 2. The number of anilines is 1. The normalized spacial score (nSPS) is 15.6. The Morgan fingerprint density at radius 1 is 1.09 bits per heavy atom. The third kappa shape index (κ3) is 5.97. The maximum absolute atomic E-state index is 12.8. The van der Waals surface area contributed by atoms with E-state index in [2.05, 4.69) is 5.32 Å². The number of carbonyl (C=O) groups is 2. The minimum absolute atomic E-state index is 0.207. The molecule has 1 aliphatic rings. The van der Waals surface area contributed by atoms with Gasteiger partial charge in [0.15, 0.2) is 11.5 Å². The molecule has 1 heterocycles. The fourth-order valence-corrected chi connectivity index (χ4v) is 4.38. The molecule has 1 aliphatic heterocycles. The zero-order chi connectivity index (χ0) is 22.9. The molecule has 1 N–H and O–H groups in total. The third-order valence-corrected chi connectivity index (χ3v) is 5.82. The average Bonchev–Trinajstić information content (AvgIpc) is 3.30. The van der Waals surface area contributed by atoms with Gasteiger partial charge in [-0.15, -0.1) is 11.8 Å². The molecule has 1 unspecified atom stereocenters. The topological polar surface area (TPSA) is 77.1 Å². The third-order valence-electron chi connectivity index (χ3n) is 4.81.